The lowest BCUT2D eigenvalue weighted by Gasteiger charge is -2.07. The van der Waals surface area contributed by atoms with Gasteiger partial charge in [0.15, 0.2) is 17.5 Å². The summed E-state index contributed by atoms with van der Waals surface area (Å²) >= 11 is 0. The smallest absolute Gasteiger partial charge is 0.258 e. The third-order valence-corrected chi connectivity index (χ3v) is 3.65. The molecule has 0 spiro atoms. The van der Waals surface area contributed by atoms with Gasteiger partial charge in [0, 0.05) is 5.69 Å². The summed E-state index contributed by atoms with van der Waals surface area (Å²) in [4.78, 5) is 11.6. The predicted molar refractivity (Wildman–Crippen MR) is 72.1 cm³/mol. The number of sulfonamides is 1. The fraction of sp³-hybridized carbons (Fsp3) is 0. The molecule has 2 rings (SSSR count). The summed E-state index contributed by atoms with van der Waals surface area (Å²) in [6.07, 6.45) is 0. The van der Waals surface area contributed by atoms with Gasteiger partial charge in [0.1, 0.15) is 0 Å². The van der Waals surface area contributed by atoms with E-state index in [1.165, 1.54) is 12.1 Å². The highest BCUT2D eigenvalue weighted by Gasteiger charge is 2.19. The Balaban J connectivity index is 2.24. The fourth-order valence-electron chi connectivity index (χ4n) is 1.63. The molecule has 0 heterocycles. The quantitative estimate of drug-likeness (QED) is 0.844. The van der Waals surface area contributed by atoms with E-state index in [1.54, 1.807) is 0 Å². The van der Waals surface area contributed by atoms with E-state index >= 15 is 0 Å². The first-order chi connectivity index (χ1) is 10.2. The number of nitrogens with one attached hydrogen (secondary N) is 1. The SMILES string of the molecule is NS(=O)(=O)c1ccc(NC(=O)c2ccc(F)c(F)c2F)cc1. The topological polar surface area (TPSA) is 89.3 Å². The molecule has 0 radical (unpaired) electrons. The second-order valence-corrected chi connectivity index (χ2v) is 5.81. The molecule has 0 unspecified atom stereocenters. The number of anilines is 1. The minimum Gasteiger partial charge on any atom is -0.322 e. The van der Waals surface area contributed by atoms with Crippen LogP contribution in [0.25, 0.3) is 0 Å². The van der Waals surface area contributed by atoms with Crippen LogP contribution in [0.5, 0.6) is 0 Å². The van der Waals surface area contributed by atoms with Crippen molar-refractivity contribution in [2.75, 3.05) is 5.32 Å². The van der Waals surface area contributed by atoms with Gasteiger partial charge in [0.2, 0.25) is 10.0 Å². The van der Waals surface area contributed by atoms with Crippen LogP contribution >= 0.6 is 0 Å². The molecule has 3 N–H and O–H groups in total. The van der Waals surface area contributed by atoms with Crippen LogP contribution in [-0.4, -0.2) is 14.3 Å². The second kappa shape index (κ2) is 5.78. The number of carbonyl (C=O) groups excluding carboxylic acids is 1. The van der Waals surface area contributed by atoms with Gasteiger partial charge in [0.05, 0.1) is 10.5 Å². The number of hydrogen-bond acceptors (Lipinski definition) is 3. The Morgan fingerprint density at radius 2 is 1.55 bits per heavy atom. The van der Waals surface area contributed by atoms with Crippen LogP contribution < -0.4 is 10.5 Å². The van der Waals surface area contributed by atoms with Crippen molar-refractivity contribution >= 4 is 21.6 Å². The molecule has 2 aromatic rings. The van der Waals surface area contributed by atoms with Gasteiger partial charge in [-0.3, -0.25) is 4.79 Å². The predicted octanol–water partition coefficient (Wildman–Crippen LogP) is 2.00. The number of rotatable bonds is 3. The van der Waals surface area contributed by atoms with Gasteiger partial charge in [0.25, 0.3) is 5.91 Å². The van der Waals surface area contributed by atoms with E-state index in [0.29, 0.717) is 6.07 Å². The van der Waals surface area contributed by atoms with Crippen molar-refractivity contribution < 1.29 is 26.4 Å². The van der Waals surface area contributed by atoms with Gasteiger partial charge < -0.3 is 5.32 Å². The van der Waals surface area contributed by atoms with E-state index in [0.717, 1.165) is 18.2 Å². The molecule has 116 valence electrons. The zero-order valence-electron chi connectivity index (χ0n) is 10.8. The Kier molecular flexibility index (Phi) is 4.20. The molecule has 0 saturated heterocycles. The minimum absolute atomic E-state index is 0.126. The van der Waals surface area contributed by atoms with Crippen molar-refractivity contribution in [3.63, 3.8) is 0 Å². The maximum atomic E-state index is 13.5. The molecule has 2 aromatic carbocycles. The van der Waals surface area contributed by atoms with E-state index in [-0.39, 0.29) is 10.6 Å². The number of carbonyl (C=O) groups is 1. The highest BCUT2D eigenvalue weighted by atomic mass is 32.2. The average molecular weight is 330 g/mol. The Morgan fingerprint density at radius 3 is 2.09 bits per heavy atom. The van der Waals surface area contributed by atoms with Gasteiger partial charge in [-0.1, -0.05) is 0 Å². The molecule has 0 aliphatic rings. The first-order valence-electron chi connectivity index (χ1n) is 5.78. The van der Waals surface area contributed by atoms with Crippen molar-refractivity contribution in [3.8, 4) is 0 Å². The van der Waals surface area contributed by atoms with Gasteiger partial charge in [-0.15, -0.1) is 0 Å². The van der Waals surface area contributed by atoms with Gasteiger partial charge in [-0.2, -0.15) is 0 Å². The van der Waals surface area contributed by atoms with Crippen molar-refractivity contribution in [1.82, 2.24) is 0 Å². The summed E-state index contributed by atoms with van der Waals surface area (Å²) in [5.41, 5.74) is -0.559. The number of primary sulfonamides is 1. The maximum Gasteiger partial charge on any atom is 0.258 e. The number of benzene rings is 2. The maximum absolute atomic E-state index is 13.5. The van der Waals surface area contributed by atoms with Crippen LogP contribution in [0.1, 0.15) is 10.4 Å². The van der Waals surface area contributed by atoms with Gasteiger partial charge in [-0.25, -0.2) is 26.7 Å². The summed E-state index contributed by atoms with van der Waals surface area (Å²) in [5.74, 6) is -5.79. The lowest BCUT2D eigenvalue weighted by atomic mass is 10.1. The van der Waals surface area contributed by atoms with Crippen molar-refractivity contribution in [3.05, 3.63) is 59.4 Å². The molecule has 0 aromatic heterocycles. The Hall–Kier alpha value is -2.39. The molecule has 22 heavy (non-hydrogen) atoms. The van der Waals surface area contributed by atoms with Gasteiger partial charge in [-0.05, 0) is 36.4 Å². The molecule has 0 aliphatic carbocycles. The highest BCUT2D eigenvalue weighted by Crippen LogP contribution is 2.18. The zero-order chi connectivity index (χ0) is 16.5. The van der Waals surface area contributed by atoms with E-state index in [1.807, 2.05) is 0 Å². The van der Waals surface area contributed by atoms with Crippen molar-refractivity contribution in [1.29, 1.82) is 0 Å². The Bertz CT molecular complexity index is 836. The molecular weight excluding hydrogens is 321 g/mol. The normalized spacial score (nSPS) is 11.3. The molecule has 0 aliphatic heterocycles. The van der Waals surface area contributed by atoms with Gasteiger partial charge >= 0.3 is 0 Å². The number of nitrogens with two attached hydrogens (primary N) is 1. The molecule has 1 amide bonds. The zero-order valence-corrected chi connectivity index (χ0v) is 11.6. The molecular formula is C13H9F3N2O3S. The third kappa shape index (κ3) is 3.26. The van der Waals surface area contributed by atoms with E-state index in [9.17, 15) is 26.4 Å². The first kappa shape index (κ1) is 16.0. The average Bonchev–Trinajstić information content (AvgIpc) is 2.44. The van der Waals surface area contributed by atoms with Crippen LogP contribution in [-0.2, 0) is 10.0 Å². The van der Waals surface area contributed by atoms with Crippen molar-refractivity contribution in [2.45, 2.75) is 4.90 Å². The molecule has 0 atom stereocenters. The summed E-state index contributed by atoms with van der Waals surface area (Å²) in [6.45, 7) is 0. The monoisotopic (exact) mass is 330 g/mol. The van der Waals surface area contributed by atoms with E-state index in [2.05, 4.69) is 5.32 Å². The molecule has 5 nitrogen and oxygen atoms in total. The number of halogens is 3. The van der Waals surface area contributed by atoms with E-state index in [4.69, 9.17) is 5.14 Å². The van der Waals surface area contributed by atoms with Crippen molar-refractivity contribution in [2.24, 2.45) is 5.14 Å². The van der Waals surface area contributed by atoms with Crippen LogP contribution in [0.2, 0.25) is 0 Å². The van der Waals surface area contributed by atoms with Crippen LogP contribution in [0.4, 0.5) is 18.9 Å². The summed E-state index contributed by atoms with van der Waals surface area (Å²) in [6, 6.07) is 6.11. The minimum atomic E-state index is -3.88. The summed E-state index contributed by atoms with van der Waals surface area (Å²) in [5, 5.41) is 7.13. The van der Waals surface area contributed by atoms with Crippen LogP contribution in [0.15, 0.2) is 41.3 Å². The summed E-state index contributed by atoms with van der Waals surface area (Å²) < 4.78 is 61.4. The summed E-state index contributed by atoms with van der Waals surface area (Å²) in [7, 11) is -3.88. The van der Waals surface area contributed by atoms with Crippen LogP contribution in [0, 0.1) is 17.5 Å². The Labute approximate surface area is 123 Å². The lowest BCUT2D eigenvalue weighted by molar-refractivity contribution is 0.102. The first-order valence-corrected chi connectivity index (χ1v) is 7.32. The second-order valence-electron chi connectivity index (χ2n) is 4.25. The molecule has 0 fully saturated rings. The fourth-order valence-corrected chi connectivity index (χ4v) is 2.14. The van der Waals surface area contributed by atoms with Crippen LogP contribution in [0.3, 0.4) is 0 Å². The molecule has 0 saturated carbocycles. The van der Waals surface area contributed by atoms with E-state index < -0.39 is 38.9 Å². The standard InChI is InChI=1S/C13H9F3N2O3S/c14-10-6-5-9(11(15)12(10)16)13(19)18-7-1-3-8(4-2-7)22(17,20)21/h1-6H,(H,18,19)(H2,17,20,21). The lowest BCUT2D eigenvalue weighted by Crippen LogP contribution is -2.16. The molecule has 9 heteroatoms. The number of amides is 1. The molecule has 0 bridgehead atoms. The number of hydrogen-bond donors (Lipinski definition) is 2. The Morgan fingerprint density at radius 1 is 0.955 bits per heavy atom. The third-order valence-electron chi connectivity index (χ3n) is 2.72. The largest absolute Gasteiger partial charge is 0.322 e. The highest BCUT2D eigenvalue weighted by molar-refractivity contribution is 7.89.